The molecule has 2 unspecified atom stereocenters. The summed E-state index contributed by atoms with van der Waals surface area (Å²) in [6, 6.07) is 8.55. The van der Waals surface area contributed by atoms with Crippen LogP contribution in [0.1, 0.15) is 18.9 Å². The van der Waals surface area contributed by atoms with Crippen LogP contribution in [0.3, 0.4) is 0 Å². The summed E-state index contributed by atoms with van der Waals surface area (Å²) in [6.45, 7) is 3.11. The molecule has 70 valence electrons. The van der Waals surface area contributed by atoms with E-state index in [4.69, 9.17) is 5.73 Å². The van der Waals surface area contributed by atoms with Crippen molar-refractivity contribution in [3.05, 3.63) is 34.3 Å². The van der Waals surface area contributed by atoms with Gasteiger partial charge in [0.15, 0.2) is 0 Å². The first kappa shape index (κ1) is 9.22. The van der Waals surface area contributed by atoms with E-state index in [0.29, 0.717) is 11.3 Å². The van der Waals surface area contributed by atoms with Crippen LogP contribution in [0.2, 0.25) is 0 Å². The average molecular weight is 240 g/mol. The molecule has 1 aliphatic rings. The third-order valence-corrected chi connectivity index (χ3v) is 3.67. The van der Waals surface area contributed by atoms with Gasteiger partial charge in [-0.05, 0) is 42.0 Å². The second kappa shape index (κ2) is 3.10. The zero-order valence-electron chi connectivity index (χ0n) is 7.76. The fraction of sp³-hybridized carbons (Fsp3) is 0.455. The van der Waals surface area contributed by atoms with Gasteiger partial charge in [0, 0.05) is 4.47 Å². The Morgan fingerprint density at radius 3 is 2.92 bits per heavy atom. The van der Waals surface area contributed by atoms with Crippen LogP contribution in [-0.4, -0.2) is 6.54 Å². The van der Waals surface area contributed by atoms with Crippen LogP contribution in [0.25, 0.3) is 0 Å². The highest BCUT2D eigenvalue weighted by Gasteiger charge is 2.49. The fourth-order valence-corrected chi connectivity index (χ4v) is 2.39. The van der Waals surface area contributed by atoms with E-state index in [1.54, 1.807) is 0 Å². The fourth-order valence-electron chi connectivity index (χ4n) is 1.99. The summed E-state index contributed by atoms with van der Waals surface area (Å²) in [7, 11) is 0. The summed E-state index contributed by atoms with van der Waals surface area (Å²) in [5.41, 5.74) is 7.43. The highest BCUT2D eigenvalue weighted by Crippen LogP contribution is 2.53. The standard InChI is InChI=1S/C11H14BrN/c1-11(6-9(11)7-13)8-3-2-4-10(12)5-8/h2-5,9H,6-7,13H2,1H3. The average Bonchev–Trinajstić information content (AvgIpc) is 2.79. The molecule has 0 heterocycles. The topological polar surface area (TPSA) is 26.0 Å². The molecule has 0 saturated heterocycles. The normalized spacial score (nSPS) is 31.8. The van der Waals surface area contributed by atoms with E-state index in [1.165, 1.54) is 12.0 Å². The maximum Gasteiger partial charge on any atom is 0.0178 e. The van der Waals surface area contributed by atoms with Gasteiger partial charge in [0.2, 0.25) is 0 Å². The van der Waals surface area contributed by atoms with E-state index in [9.17, 15) is 0 Å². The third-order valence-electron chi connectivity index (χ3n) is 3.18. The molecule has 0 aromatic heterocycles. The van der Waals surface area contributed by atoms with Crippen molar-refractivity contribution in [2.45, 2.75) is 18.8 Å². The van der Waals surface area contributed by atoms with Gasteiger partial charge in [0.25, 0.3) is 0 Å². The Balaban J connectivity index is 2.27. The van der Waals surface area contributed by atoms with Gasteiger partial charge in [0.1, 0.15) is 0 Å². The van der Waals surface area contributed by atoms with Gasteiger partial charge in [-0.1, -0.05) is 35.0 Å². The monoisotopic (exact) mass is 239 g/mol. The van der Waals surface area contributed by atoms with Gasteiger partial charge in [-0.25, -0.2) is 0 Å². The Bertz CT molecular complexity index is 324. The van der Waals surface area contributed by atoms with E-state index >= 15 is 0 Å². The minimum atomic E-state index is 0.346. The Morgan fingerprint density at radius 2 is 2.38 bits per heavy atom. The molecule has 1 nitrogen and oxygen atoms in total. The molecule has 13 heavy (non-hydrogen) atoms. The number of halogens is 1. The smallest absolute Gasteiger partial charge is 0.0178 e. The van der Waals surface area contributed by atoms with Crippen molar-refractivity contribution in [2.24, 2.45) is 11.7 Å². The lowest BCUT2D eigenvalue weighted by molar-refractivity contribution is 0.666. The molecule has 2 N–H and O–H groups in total. The van der Waals surface area contributed by atoms with Gasteiger partial charge in [-0.3, -0.25) is 0 Å². The largest absolute Gasteiger partial charge is 0.330 e. The molecule has 1 fully saturated rings. The van der Waals surface area contributed by atoms with E-state index in [2.05, 4.69) is 47.1 Å². The molecule has 0 radical (unpaired) electrons. The van der Waals surface area contributed by atoms with Gasteiger partial charge in [-0.15, -0.1) is 0 Å². The molecular formula is C11H14BrN. The van der Waals surface area contributed by atoms with Gasteiger partial charge in [-0.2, -0.15) is 0 Å². The minimum absolute atomic E-state index is 0.346. The lowest BCUT2D eigenvalue weighted by atomic mass is 9.96. The van der Waals surface area contributed by atoms with Crippen LogP contribution in [-0.2, 0) is 5.41 Å². The van der Waals surface area contributed by atoms with Crippen molar-refractivity contribution in [3.8, 4) is 0 Å². The molecule has 2 atom stereocenters. The van der Waals surface area contributed by atoms with Crippen LogP contribution in [0.5, 0.6) is 0 Å². The van der Waals surface area contributed by atoms with Crippen molar-refractivity contribution < 1.29 is 0 Å². The molecule has 1 aromatic rings. The Hall–Kier alpha value is -0.340. The minimum Gasteiger partial charge on any atom is -0.330 e. The summed E-state index contributed by atoms with van der Waals surface area (Å²) < 4.78 is 1.16. The summed E-state index contributed by atoms with van der Waals surface area (Å²) in [6.07, 6.45) is 1.24. The molecule has 0 spiro atoms. The molecule has 0 amide bonds. The highest BCUT2D eigenvalue weighted by atomic mass is 79.9. The van der Waals surface area contributed by atoms with Crippen molar-refractivity contribution in [3.63, 3.8) is 0 Å². The highest BCUT2D eigenvalue weighted by molar-refractivity contribution is 9.10. The lowest BCUT2D eigenvalue weighted by Crippen LogP contribution is -2.11. The van der Waals surface area contributed by atoms with Crippen LogP contribution >= 0.6 is 15.9 Å². The van der Waals surface area contributed by atoms with Gasteiger partial charge in [0.05, 0.1) is 0 Å². The number of nitrogens with two attached hydrogens (primary N) is 1. The number of hydrogen-bond acceptors (Lipinski definition) is 1. The molecule has 2 rings (SSSR count). The summed E-state index contributed by atoms with van der Waals surface area (Å²) in [5.74, 6) is 0.682. The lowest BCUT2D eigenvalue weighted by Gasteiger charge is -2.11. The maximum atomic E-state index is 5.67. The second-order valence-electron chi connectivity index (χ2n) is 4.06. The Morgan fingerprint density at radius 1 is 1.62 bits per heavy atom. The molecule has 1 saturated carbocycles. The number of benzene rings is 1. The SMILES string of the molecule is CC1(c2cccc(Br)c2)CC1CN. The van der Waals surface area contributed by atoms with Crippen LogP contribution < -0.4 is 5.73 Å². The first-order valence-electron chi connectivity index (χ1n) is 4.63. The maximum absolute atomic E-state index is 5.67. The molecular weight excluding hydrogens is 226 g/mol. The van der Waals surface area contributed by atoms with E-state index in [-0.39, 0.29) is 0 Å². The first-order valence-corrected chi connectivity index (χ1v) is 5.42. The van der Waals surface area contributed by atoms with E-state index < -0.39 is 0 Å². The van der Waals surface area contributed by atoms with Crippen LogP contribution in [0.15, 0.2) is 28.7 Å². The third kappa shape index (κ3) is 1.53. The molecule has 1 aliphatic carbocycles. The number of rotatable bonds is 2. The second-order valence-corrected chi connectivity index (χ2v) is 4.98. The Kier molecular flexibility index (Phi) is 2.20. The molecule has 0 aliphatic heterocycles. The van der Waals surface area contributed by atoms with Crippen molar-refractivity contribution in [1.29, 1.82) is 0 Å². The quantitative estimate of drug-likeness (QED) is 0.844. The van der Waals surface area contributed by atoms with Gasteiger partial charge < -0.3 is 5.73 Å². The molecule has 0 bridgehead atoms. The summed E-state index contributed by atoms with van der Waals surface area (Å²) in [4.78, 5) is 0. The van der Waals surface area contributed by atoms with Crippen molar-refractivity contribution >= 4 is 15.9 Å². The van der Waals surface area contributed by atoms with Crippen molar-refractivity contribution in [2.75, 3.05) is 6.54 Å². The zero-order chi connectivity index (χ0) is 9.47. The number of hydrogen-bond donors (Lipinski definition) is 1. The predicted molar refractivity (Wildman–Crippen MR) is 58.7 cm³/mol. The predicted octanol–water partition coefficient (Wildman–Crippen LogP) is 2.69. The Labute approximate surface area is 87.5 Å². The summed E-state index contributed by atoms with van der Waals surface area (Å²) in [5, 5.41) is 0. The van der Waals surface area contributed by atoms with Crippen molar-refractivity contribution in [1.82, 2.24) is 0 Å². The van der Waals surface area contributed by atoms with Crippen LogP contribution in [0.4, 0.5) is 0 Å². The summed E-state index contributed by atoms with van der Waals surface area (Å²) >= 11 is 3.49. The molecule has 2 heteroatoms. The first-order chi connectivity index (χ1) is 6.16. The van der Waals surface area contributed by atoms with E-state index in [1.807, 2.05) is 0 Å². The van der Waals surface area contributed by atoms with Gasteiger partial charge >= 0.3 is 0 Å². The zero-order valence-corrected chi connectivity index (χ0v) is 9.34. The molecule has 1 aromatic carbocycles. The van der Waals surface area contributed by atoms with Crippen LogP contribution in [0, 0.1) is 5.92 Å². The van der Waals surface area contributed by atoms with E-state index in [0.717, 1.165) is 11.0 Å².